The fraction of sp³-hybridized carbons (Fsp3) is 0.385. The van der Waals surface area contributed by atoms with Crippen molar-refractivity contribution in [1.29, 1.82) is 0 Å². The first-order valence-corrected chi connectivity index (χ1v) is 10.4. The lowest BCUT2D eigenvalue weighted by Crippen LogP contribution is -2.50. The van der Waals surface area contributed by atoms with Gasteiger partial charge in [-0.25, -0.2) is 0 Å². The van der Waals surface area contributed by atoms with Crippen molar-refractivity contribution < 1.29 is 9.47 Å². The summed E-state index contributed by atoms with van der Waals surface area (Å²) in [6.07, 6.45) is 8.56. The summed E-state index contributed by atoms with van der Waals surface area (Å²) >= 11 is 0. The van der Waals surface area contributed by atoms with Crippen molar-refractivity contribution in [2.24, 2.45) is 11.8 Å². The van der Waals surface area contributed by atoms with Gasteiger partial charge in [0.1, 0.15) is 11.5 Å². The number of fused-ring (bicyclic) bond motifs is 10. The molecule has 0 spiro atoms. The topological polar surface area (TPSA) is 18.5 Å². The second-order valence-electron chi connectivity index (χ2n) is 8.48. The number of rotatable bonds is 4. The molecule has 0 aliphatic heterocycles. The van der Waals surface area contributed by atoms with Crippen molar-refractivity contribution in [3.63, 3.8) is 0 Å². The van der Waals surface area contributed by atoms with E-state index in [1.165, 1.54) is 35.1 Å². The van der Waals surface area contributed by atoms with Crippen LogP contribution in [0.2, 0.25) is 0 Å². The second kappa shape index (κ2) is 6.55. The molecule has 0 saturated heterocycles. The monoisotopic (exact) mass is 372 g/mol. The van der Waals surface area contributed by atoms with E-state index in [9.17, 15) is 0 Å². The molecule has 0 N–H and O–H groups in total. The smallest absolute Gasteiger partial charge is 0.129 e. The van der Waals surface area contributed by atoms with Crippen LogP contribution in [0, 0.1) is 11.8 Å². The maximum atomic E-state index is 5.91. The van der Waals surface area contributed by atoms with E-state index in [1.54, 1.807) is 14.2 Å². The third-order valence-electron chi connectivity index (χ3n) is 7.37. The fourth-order valence-corrected chi connectivity index (χ4v) is 6.00. The Morgan fingerprint density at radius 2 is 1.18 bits per heavy atom. The standard InChI is InChI=1S/C26H28O2/c1-5-17-11-15-7-8-16-12-18(6-2)26(28-4)22(14-16)24-20-10-9-19(20)23(24)21(13-15)25(17)27-3/h5-6,11-14,19-20,23-24H,1-2,7-10H2,3-4H3. The average Bonchev–Trinajstić information content (AvgIpc) is 2.71. The Hall–Kier alpha value is -2.48. The van der Waals surface area contributed by atoms with E-state index in [4.69, 9.17) is 9.47 Å². The molecule has 2 heteroatoms. The SMILES string of the molecule is C=Cc1cc2cc(c1OC)C1C3CCC3C1c1cc(cc(C=C)c1OC)CC2. The van der Waals surface area contributed by atoms with Crippen LogP contribution in [0.25, 0.3) is 12.2 Å². The van der Waals surface area contributed by atoms with Crippen molar-refractivity contribution in [3.05, 3.63) is 70.8 Å². The second-order valence-corrected chi connectivity index (χ2v) is 8.48. The molecule has 4 atom stereocenters. The van der Waals surface area contributed by atoms with Gasteiger partial charge in [0.05, 0.1) is 14.2 Å². The Balaban J connectivity index is 1.75. The predicted octanol–water partition coefficient (Wildman–Crippen LogP) is 6.00. The zero-order valence-electron chi connectivity index (χ0n) is 16.8. The van der Waals surface area contributed by atoms with E-state index < -0.39 is 0 Å². The fourth-order valence-electron chi connectivity index (χ4n) is 6.00. The Morgan fingerprint density at radius 1 is 0.750 bits per heavy atom. The predicted molar refractivity (Wildman–Crippen MR) is 115 cm³/mol. The molecule has 2 nitrogen and oxygen atoms in total. The molecular formula is C26H28O2. The van der Waals surface area contributed by atoms with E-state index in [0.717, 1.165) is 47.3 Å². The molecule has 0 radical (unpaired) electrons. The van der Waals surface area contributed by atoms with Gasteiger partial charge in [0.25, 0.3) is 0 Å². The summed E-state index contributed by atoms with van der Waals surface area (Å²) in [7, 11) is 3.58. The minimum atomic E-state index is 0.493. The largest absolute Gasteiger partial charge is 0.496 e. The van der Waals surface area contributed by atoms with Crippen molar-refractivity contribution in [2.75, 3.05) is 14.2 Å². The molecule has 144 valence electrons. The Morgan fingerprint density at radius 3 is 1.50 bits per heavy atom. The van der Waals surface area contributed by atoms with Crippen molar-refractivity contribution in [2.45, 2.75) is 37.5 Å². The van der Waals surface area contributed by atoms with Crippen LogP contribution < -0.4 is 9.47 Å². The number of ether oxygens (including phenoxy) is 2. The van der Waals surface area contributed by atoms with Crippen LogP contribution in [-0.2, 0) is 12.8 Å². The lowest BCUT2D eigenvalue weighted by Gasteiger charge is -2.60. The third kappa shape index (κ3) is 2.33. The van der Waals surface area contributed by atoms with Gasteiger partial charge in [-0.15, -0.1) is 0 Å². The third-order valence-corrected chi connectivity index (χ3v) is 7.37. The highest BCUT2D eigenvalue weighted by Gasteiger charge is 2.57. The highest BCUT2D eigenvalue weighted by atomic mass is 16.5. The van der Waals surface area contributed by atoms with Gasteiger partial charge < -0.3 is 9.47 Å². The first kappa shape index (κ1) is 17.6. The van der Waals surface area contributed by atoms with E-state index in [0.29, 0.717) is 11.8 Å². The lowest BCUT2D eigenvalue weighted by molar-refractivity contribution is -0.0133. The number of aryl methyl sites for hydroxylation is 2. The summed E-state index contributed by atoms with van der Waals surface area (Å²) in [4.78, 5) is 0. The van der Waals surface area contributed by atoms with Gasteiger partial charge in [-0.2, -0.15) is 0 Å². The van der Waals surface area contributed by atoms with Crippen LogP contribution in [0.15, 0.2) is 37.4 Å². The molecule has 0 heterocycles. The minimum Gasteiger partial charge on any atom is -0.496 e. The molecule has 3 aliphatic rings. The number of benzene rings is 2. The van der Waals surface area contributed by atoms with Crippen molar-refractivity contribution >= 4 is 12.2 Å². The van der Waals surface area contributed by atoms with Gasteiger partial charge in [-0.1, -0.05) is 37.4 Å². The van der Waals surface area contributed by atoms with Gasteiger partial charge in [0, 0.05) is 11.1 Å². The maximum absolute atomic E-state index is 5.91. The Kier molecular flexibility index (Phi) is 4.12. The summed E-state index contributed by atoms with van der Waals surface area (Å²) in [6.45, 7) is 8.10. The first-order valence-electron chi connectivity index (χ1n) is 10.4. The van der Waals surface area contributed by atoms with Crippen LogP contribution in [0.1, 0.15) is 58.1 Å². The number of hydrogen-bond acceptors (Lipinski definition) is 2. The lowest BCUT2D eigenvalue weighted by atomic mass is 9.43. The van der Waals surface area contributed by atoms with Gasteiger partial charge in [0.15, 0.2) is 0 Å². The maximum Gasteiger partial charge on any atom is 0.129 e. The quantitative estimate of drug-likeness (QED) is 0.656. The average molecular weight is 373 g/mol. The summed E-state index contributed by atoms with van der Waals surface area (Å²) in [5.41, 5.74) is 7.75. The zero-order chi connectivity index (χ0) is 19.4. The highest BCUT2D eigenvalue weighted by Crippen LogP contribution is 2.69. The molecular weight excluding hydrogens is 344 g/mol. The number of methoxy groups -OCH3 is 2. The summed E-state index contributed by atoms with van der Waals surface area (Å²) < 4.78 is 11.8. The van der Waals surface area contributed by atoms with Gasteiger partial charge in [-0.05, 0) is 83.7 Å². The molecule has 3 aliphatic carbocycles. The highest BCUT2D eigenvalue weighted by molar-refractivity contribution is 5.65. The molecule has 2 fully saturated rings. The van der Waals surface area contributed by atoms with E-state index in [2.05, 4.69) is 37.4 Å². The molecule has 2 aromatic rings. The molecule has 0 aromatic heterocycles. The van der Waals surface area contributed by atoms with Crippen LogP contribution in [-0.4, -0.2) is 14.2 Å². The summed E-state index contributed by atoms with van der Waals surface area (Å²) in [5.74, 6) is 4.52. The van der Waals surface area contributed by atoms with Crippen LogP contribution in [0.4, 0.5) is 0 Å². The van der Waals surface area contributed by atoms with Crippen LogP contribution in [0.5, 0.6) is 11.5 Å². The Bertz CT molecular complexity index is 891. The van der Waals surface area contributed by atoms with Crippen LogP contribution >= 0.6 is 0 Å². The summed E-state index contributed by atoms with van der Waals surface area (Å²) in [5, 5.41) is 0. The molecule has 5 rings (SSSR count). The molecule has 0 amide bonds. The van der Waals surface area contributed by atoms with Gasteiger partial charge in [0.2, 0.25) is 0 Å². The van der Waals surface area contributed by atoms with Crippen molar-refractivity contribution in [1.82, 2.24) is 0 Å². The van der Waals surface area contributed by atoms with Crippen LogP contribution in [0.3, 0.4) is 0 Å². The van der Waals surface area contributed by atoms with Gasteiger partial charge in [-0.3, -0.25) is 0 Å². The van der Waals surface area contributed by atoms with E-state index in [1.807, 2.05) is 12.2 Å². The molecule has 2 saturated carbocycles. The first-order chi connectivity index (χ1) is 13.7. The van der Waals surface area contributed by atoms with E-state index in [-0.39, 0.29) is 0 Å². The van der Waals surface area contributed by atoms with Gasteiger partial charge >= 0.3 is 0 Å². The normalized spacial score (nSPS) is 26.6. The zero-order valence-corrected chi connectivity index (χ0v) is 16.8. The number of hydrogen-bond donors (Lipinski definition) is 0. The van der Waals surface area contributed by atoms with Crippen molar-refractivity contribution in [3.8, 4) is 11.5 Å². The molecule has 2 aromatic carbocycles. The molecule has 4 bridgehead atoms. The molecule has 28 heavy (non-hydrogen) atoms. The van der Waals surface area contributed by atoms with E-state index >= 15 is 0 Å². The minimum absolute atomic E-state index is 0.493. The molecule has 4 unspecified atom stereocenters. The Labute approximate surface area is 167 Å². The summed E-state index contributed by atoms with van der Waals surface area (Å²) in [6, 6.07) is 9.32.